The number of anilines is 2. The first kappa shape index (κ1) is 23.1. The molecule has 10 nitrogen and oxygen atoms in total. The van der Waals surface area contributed by atoms with Crippen LogP contribution in [0.3, 0.4) is 0 Å². The summed E-state index contributed by atoms with van der Waals surface area (Å²) >= 11 is 0. The molecule has 5 rings (SSSR count). The normalized spacial score (nSPS) is 18.7. The number of hydrogen-bond acceptors (Lipinski definition) is 8. The van der Waals surface area contributed by atoms with Crippen molar-refractivity contribution < 1.29 is 19.4 Å². The first-order valence-electron chi connectivity index (χ1n) is 12.1. The van der Waals surface area contributed by atoms with E-state index in [1.54, 1.807) is 11.5 Å². The van der Waals surface area contributed by atoms with Crippen LogP contribution in [0.1, 0.15) is 33.7 Å². The second-order valence-corrected chi connectivity index (χ2v) is 9.43. The summed E-state index contributed by atoms with van der Waals surface area (Å²) in [6.07, 6.45) is 1.66. The standard InChI is InChI=1S/C25H32N6O4/c1-15(2)31-13-18-22(24(31)33)27-25(30-11-9-29(10-12-30)17(4)32)28-23(18)26-16(3)21-14-34-19-7-5-6-8-20(19)35-21/h5-8,13,15-16,21,33H,9-12,14H2,1-4H3,(H,26,27,28). The lowest BCUT2D eigenvalue weighted by Crippen LogP contribution is -2.48. The molecule has 35 heavy (non-hydrogen) atoms. The zero-order valence-electron chi connectivity index (χ0n) is 20.6. The van der Waals surface area contributed by atoms with Crippen LogP contribution >= 0.6 is 0 Å². The number of piperazine rings is 1. The quantitative estimate of drug-likeness (QED) is 0.574. The number of carbonyl (C=O) groups excluding carboxylic acids is 1. The Bertz CT molecular complexity index is 1230. The Kier molecular flexibility index (Phi) is 6.04. The average Bonchev–Trinajstić information content (AvgIpc) is 3.20. The number of ether oxygens (including phenoxy) is 2. The van der Waals surface area contributed by atoms with Crippen molar-refractivity contribution in [2.24, 2.45) is 0 Å². The second-order valence-electron chi connectivity index (χ2n) is 9.43. The third-order valence-corrected chi connectivity index (χ3v) is 6.68. The summed E-state index contributed by atoms with van der Waals surface area (Å²) in [4.78, 5) is 25.2. The van der Waals surface area contributed by atoms with Crippen molar-refractivity contribution in [2.75, 3.05) is 43.0 Å². The van der Waals surface area contributed by atoms with Crippen LogP contribution in [-0.4, -0.2) is 75.4 Å². The van der Waals surface area contributed by atoms with Gasteiger partial charge in [-0.25, -0.2) is 4.98 Å². The molecule has 3 aromatic rings. The summed E-state index contributed by atoms with van der Waals surface area (Å²) in [6, 6.07) is 7.57. The fourth-order valence-corrected chi connectivity index (χ4v) is 4.53. The molecule has 0 saturated carbocycles. The number of hydrogen-bond donors (Lipinski definition) is 2. The Balaban J connectivity index is 1.45. The molecule has 0 bridgehead atoms. The number of fused-ring (bicyclic) bond motifs is 2. The number of benzene rings is 1. The van der Waals surface area contributed by atoms with Gasteiger partial charge < -0.3 is 34.3 Å². The molecular formula is C25H32N6O4. The molecule has 10 heteroatoms. The highest BCUT2D eigenvalue weighted by atomic mass is 16.6. The zero-order valence-corrected chi connectivity index (χ0v) is 20.6. The Morgan fingerprint density at radius 1 is 1.11 bits per heavy atom. The molecule has 0 aliphatic carbocycles. The van der Waals surface area contributed by atoms with E-state index in [0.717, 1.165) is 16.9 Å². The molecule has 1 amide bonds. The molecule has 1 aromatic carbocycles. The van der Waals surface area contributed by atoms with E-state index < -0.39 is 0 Å². The van der Waals surface area contributed by atoms with E-state index in [9.17, 15) is 9.90 Å². The summed E-state index contributed by atoms with van der Waals surface area (Å²) in [5.74, 6) is 2.80. The molecular weight excluding hydrogens is 448 g/mol. The van der Waals surface area contributed by atoms with E-state index in [2.05, 4.69) is 10.2 Å². The van der Waals surface area contributed by atoms with E-state index >= 15 is 0 Å². The second kappa shape index (κ2) is 9.16. The zero-order chi connectivity index (χ0) is 24.7. The molecule has 1 fully saturated rings. The smallest absolute Gasteiger partial charge is 0.228 e. The predicted molar refractivity (Wildman–Crippen MR) is 133 cm³/mol. The molecule has 2 aromatic heterocycles. The van der Waals surface area contributed by atoms with Gasteiger partial charge in [0, 0.05) is 45.3 Å². The van der Waals surface area contributed by atoms with Crippen molar-refractivity contribution in [3.05, 3.63) is 30.5 Å². The van der Waals surface area contributed by atoms with Gasteiger partial charge in [0.1, 0.15) is 17.9 Å². The Labute approximate surface area is 204 Å². The van der Waals surface area contributed by atoms with Crippen molar-refractivity contribution in [2.45, 2.75) is 45.9 Å². The Morgan fingerprint density at radius 2 is 1.83 bits per heavy atom. The van der Waals surface area contributed by atoms with Gasteiger partial charge in [-0.2, -0.15) is 4.98 Å². The van der Waals surface area contributed by atoms with Gasteiger partial charge >= 0.3 is 0 Å². The predicted octanol–water partition coefficient (Wildman–Crippen LogP) is 3.03. The number of carbonyl (C=O) groups is 1. The van der Waals surface area contributed by atoms with Gasteiger partial charge in [-0.05, 0) is 32.9 Å². The lowest BCUT2D eigenvalue weighted by atomic mass is 10.1. The van der Waals surface area contributed by atoms with Crippen molar-refractivity contribution in [3.8, 4) is 17.4 Å². The lowest BCUT2D eigenvalue weighted by Gasteiger charge is -2.34. The van der Waals surface area contributed by atoms with E-state index in [-0.39, 0.29) is 30.0 Å². The van der Waals surface area contributed by atoms with E-state index in [1.165, 1.54) is 0 Å². The van der Waals surface area contributed by atoms with E-state index in [0.29, 0.717) is 50.1 Å². The molecule has 2 N–H and O–H groups in total. The summed E-state index contributed by atoms with van der Waals surface area (Å²) in [7, 11) is 0. The number of aromatic nitrogens is 3. The van der Waals surface area contributed by atoms with Crippen LogP contribution in [-0.2, 0) is 4.79 Å². The summed E-state index contributed by atoms with van der Waals surface area (Å²) in [5, 5.41) is 15.2. The summed E-state index contributed by atoms with van der Waals surface area (Å²) < 4.78 is 13.9. The highest BCUT2D eigenvalue weighted by Gasteiger charge is 2.29. The third kappa shape index (κ3) is 4.40. The number of amides is 1. The Hall–Kier alpha value is -3.69. The van der Waals surface area contributed by atoms with Crippen molar-refractivity contribution in [1.29, 1.82) is 0 Å². The molecule has 2 atom stereocenters. The molecule has 186 valence electrons. The topological polar surface area (TPSA) is 105 Å². The molecule has 2 unspecified atom stereocenters. The minimum Gasteiger partial charge on any atom is -0.493 e. The third-order valence-electron chi connectivity index (χ3n) is 6.68. The summed E-state index contributed by atoms with van der Waals surface area (Å²) in [5.41, 5.74) is 0.499. The number of nitrogens with one attached hydrogen (secondary N) is 1. The van der Waals surface area contributed by atoms with Gasteiger partial charge in [0.25, 0.3) is 0 Å². The van der Waals surface area contributed by atoms with Crippen LogP contribution in [0.2, 0.25) is 0 Å². The van der Waals surface area contributed by atoms with Gasteiger partial charge in [-0.1, -0.05) is 12.1 Å². The molecule has 2 aliphatic rings. The van der Waals surface area contributed by atoms with Crippen molar-refractivity contribution in [3.63, 3.8) is 0 Å². The van der Waals surface area contributed by atoms with E-state index in [1.807, 2.05) is 56.1 Å². The van der Waals surface area contributed by atoms with Gasteiger partial charge in [-0.3, -0.25) is 4.79 Å². The minimum atomic E-state index is -0.224. The van der Waals surface area contributed by atoms with Crippen LogP contribution < -0.4 is 19.7 Å². The number of rotatable bonds is 5. The molecule has 4 heterocycles. The average molecular weight is 481 g/mol. The SMILES string of the molecule is CC(=O)N1CCN(c2nc(NC(C)C3COc4ccccc4O3)c3cn(C(C)C)c(O)c3n2)CC1. The van der Waals surface area contributed by atoms with Crippen LogP contribution in [0.5, 0.6) is 17.4 Å². The Morgan fingerprint density at radius 3 is 2.51 bits per heavy atom. The van der Waals surface area contributed by atoms with Crippen LogP contribution in [0.4, 0.5) is 11.8 Å². The fourth-order valence-electron chi connectivity index (χ4n) is 4.53. The largest absolute Gasteiger partial charge is 0.493 e. The molecule has 0 radical (unpaired) electrons. The van der Waals surface area contributed by atoms with E-state index in [4.69, 9.17) is 19.4 Å². The van der Waals surface area contributed by atoms with Crippen molar-refractivity contribution >= 4 is 28.6 Å². The molecule has 1 saturated heterocycles. The van der Waals surface area contributed by atoms with Gasteiger partial charge in [0.15, 0.2) is 17.6 Å². The number of nitrogens with zero attached hydrogens (tertiary/aromatic N) is 5. The van der Waals surface area contributed by atoms with Crippen molar-refractivity contribution in [1.82, 2.24) is 19.4 Å². The maximum absolute atomic E-state index is 11.7. The highest BCUT2D eigenvalue weighted by molar-refractivity contribution is 5.94. The van der Waals surface area contributed by atoms with Gasteiger partial charge in [-0.15, -0.1) is 0 Å². The maximum atomic E-state index is 11.7. The van der Waals surface area contributed by atoms with Crippen LogP contribution in [0.25, 0.3) is 10.9 Å². The fraction of sp³-hybridized carbons (Fsp3) is 0.480. The number of aromatic hydroxyl groups is 1. The molecule has 0 spiro atoms. The summed E-state index contributed by atoms with van der Waals surface area (Å²) in [6.45, 7) is 10.5. The first-order valence-corrected chi connectivity index (χ1v) is 12.1. The van der Waals surface area contributed by atoms with Gasteiger partial charge in [0.2, 0.25) is 17.7 Å². The highest BCUT2D eigenvalue weighted by Crippen LogP contribution is 2.36. The lowest BCUT2D eigenvalue weighted by molar-refractivity contribution is -0.129. The number of para-hydroxylation sites is 2. The monoisotopic (exact) mass is 480 g/mol. The minimum absolute atomic E-state index is 0.0589. The maximum Gasteiger partial charge on any atom is 0.228 e. The van der Waals surface area contributed by atoms with Crippen LogP contribution in [0.15, 0.2) is 30.5 Å². The first-order chi connectivity index (χ1) is 16.8. The van der Waals surface area contributed by atoms with Crippen LogP contribution in [0, 0.1) is 0 Å². The molecule has 2 aliphatic heterocycles. The van der Waals surface area contributed by atoms with Gasteiger partial charge in [0.05, 0.1) is 11.4 Å².